The number of fused-ring (bicyclic) bond motifs is 3. The molecule has 0 unspecified atom stereocenters. The van der Waals surface area contributed by atoms with Crippen LogP contribution in [0.1, 0.15) is 18.0 Å². The Morgan fingerprint density at radius 2 is 1.88 bits per heavy atom. The second kappa shape index (κ2) is 7.97. The Morgan fingerprint density at radius 1 is 1.12 bits per heavy atom. The van der Waals surface area contributed by atoms with Crippen molar-refractivity contribution in [3.63, 3.8) is 0 Å². The Kier molecular flexibility index (Phi) is 5.22. The maximum Gasteiger partial charge on any atom is 0.307 e. The van der Waals surface area contributed by atoms with Crippen LogP contribution >= 0.6 is 11.6 Å². The maximum atomic E-state index is 13.9. The van der Waals surface area contributed by atoms with Crippen molar-refractivity contribution in [3.05, 3.63) is 65.2 Å². The van der Waals surface area contributed by atoms with Crippen LogP contribution < -0.4 is 10.2 Å². The van der Waals surface area contributed by atoms with Gasteiger partial charge in [-0.15, -0.1) is 0 Å². The molecule has 0 saturated carbocycles. The van der Waals surface area contributed by atoms with Crippen LogP contribution in [-0.4, -0.2) is 54.3 Å². The highest BCUT2D eigenvalue weighted by molar-refractivity contribution is 6.31. The molecule has 3 heterocycles. The molecule has 2 aromatic rings. The first-order valence-electron chi connectivity index (χ1n) is 10.7. The van der Waals surface area contributed by atoms with Crippen LogP contribution in [0.2, 0.25) is 5.02 Å². The number of nitrogens with zero attached hydrogens (tertiary/aromatic N) is 2. The minimum absolute atomic E-state index is 0.331. The van der Waals surface area contributed by atoms with E-state index in [0.717, 1.165) is 10.5 Å². The lowest BCUT2D eigenvalue weighted by atomic mass is 9.76. The number of benzene rings is 2. The number of halogens is 1. The van der Waals surface area contributed by atoms with E-state index in [-0.39, 0.29) is 6.42 Å². The van der Waals surface area contributed by atoms with E-state index in [2.05, 4.69) is 5.32 Å². The van der Waals surface area contributed by atoms with Crippen LogP contribution in [-0.2, 0) is 23.9 Å². The topological polar surface area (TPSA) is 96.0 Å². The van der Waals surface area contributed by atoms with E-state index in [1.54, 1.807) is 24.3 Å². The van der Waals surface area contributed by atoms with Gasteiger partial charge in [0.2, 0.25) is 17.7 Å². The fourth-order valence-electron chi connectivity index (χ4n) is 5.68. The number of hydrogen-bond acceptors (Lipinski definition) is 6. The molecule has 9 heteroatoms. The zero-order valence-electron chi connectivity index (χ0n) is 17.9. The van der Waals surface area contributed by atoms with Gasteiger partial charge in [-0.25, -0.2) is 4.90 Å². The first-order valence-corrected chi connectivity index (χ1v) is 11.1. The number of esters is 1. The third-order valence-electron chi connectivity index (χ3n) is 6.93. The predicted molar refractivity (Wildman–Crippen MR) is 119 cm³/mol. The van der Waals surface area contributed by atoms with Crippen molar-refractivity contribution in [2.45, 2.75) is 18.0 Å². The lowest BCUT2D eigenvalue weighted by Gasteiger charge is -2.45. The second-order valence-corrected chi connectivity index (χ2v) is 8.91. The number of imide groups is 1. The predicted octanol–water partition coefficient (Wildman–Crippen LogP) is 1.93. The fourth-order valence-corrected chi connectivity index (χ4v) is 5.86. The summed E-state index contributed by atoms with van der Waals surface area (Å²) in [7, 11) is 1.24. The van der Waals surface area contributed by atoms with Gasteiger partial charge in [0.05, 0.1) is 31.1 Å². The number of amides is 3. The Morgan fingerprint density at radius 3 is 2.58 bits per heavy atom. The van der Waals surface area contributed by atoms with Crippen LogP contribution in [0.4, 0.5) is 5.69 Å². The minimum atomic E-state index is -1.53. The highest BCUT2D eigenvalue weighted by Crippen LogP contribution is 2.57. The van der Waals surface area contributed by atoms with Gasteiger partial charge in [-0.2, -0.15) is 0 Å². The molecule has 0 aromatic heterocycles. The molecule has 3 amide bonds. The van der Waals surface area contributed by atoms with E-state index in [0.29, 0.717) is 23.8 Å². The molecule has 0 radical (unpaired) electrons. The van der Waals surface area contributed by atoms with Gasteiger partial charge in [-0.1, -0.05) is 48.0 Å². The summed E-state index contributed by atoms with van der Waals surface area (Å²) < 4.78 is 4.91. The van der Waals surface area contributed by atoms with Crippen molar-refractivity contribution < 1.29 is 23.9 Å². The number of ether oxygens (including phenoxy) is 1. The minimum Gasteiger partial charge on any atom is -0.469 e. The summed E-state index contributed by atoms with van der Waals surface area (Å²) in [6.07, 6.45) is -0.331. The number of rotatable bonds is 4. The zero-order chi connectivity index (χ0) is 23.3. The number of carbonyl (C=O) groups is 4. The van der Waals surface area contributed by atoms with Crippen molar-refractivity contribution >= 4 is 41.0 Å². The lowest BCUT2D eigenvalue weighted by molar-refractivity contribution is -0.154. The summed E-state index contributed by atoms with van der Waals surface area (Å²) in [5.41, 5.74) is -0.380. The standard InChI is InChI=1S/C24H22ClN3O5/c1-33-17(29)13-24-19-18(21(30)28(22(19)31)16-9-5-8-15(25)12-16)20(14-6-3-2-4-7-14)27(24)11-10-26-23(24)32/h2-9,12,18-20H,10-11,13H2,1H3,(H,26,32)/t18-,19-,20+,24-/m0/s1. The number of carbonyl (C=O) groups excluding carboxylic acids is 4. The average Bonchev–Trinajstić information content (AvgIpc) is 3.25. The van der Waals surface area contributed by atoms with Crippen LogP contribution in [0.3, 0.4) is 0 Å². The molecular formula is C24H22ClN3O5. The molecule has 3 aliphatic rings. The smallest absolute Gasteiger partial charge is 0.307 e. The van der Waals surface area contributed by atoms with Gasteiger partial charge >= 0.3 is 5.97 Å². The van der Waals surface area contributed by atoms with Crippen molar-refractivity contribution in [1.29, 1.82) is 0 Å². The average molecular weight is 468 g/mol. The monoisotopic (exact) mass is 467 g/mol. The molecule has 0 bridgehead atoms. The van der Waals surface area contributed by atoms with Gasteiger partial charge in [-0.05, 0) is 23.8 Å². The first kappa shape index (κ1) is 21.6. The van der Waals surface area contributed by atoms with Crippen molar-refractivity contribution in [1.82, 2.24) is 10.2 Å². The highest BCUT2D eigenvalue weighted by atomic mass is 35.5. The van der Waals surface area contributed by atoms with Gasteiger partial charge in [0, 0.05) is 24.2 Å². The first-order chi connectivity index (χ1) is 15.9. The molecule has 8 nitrogen and oxygen atoms in total. The summed E-state index contributed by atoms with van der Waals surface area (Å²) >= 11 is 6.13. The number of anilines is 1. The van der Waals surface area contributed by atoms with Crippen molar-refractivity contribution in [2.24, 2.45) is 11.8 Å². The molecule has 4 atom stereocenters. The van der Waals surface area contributed by atoms with E-state index in [4.69, 9.17) is 16.3 Å². The number of hydrogen-bond donors (Lipinski definition) is 1. The lowest BCUT2D eigenvalue weighted by Crippen LogP contribution is -2.67. The number of methoxy groups -OCH3 is 1. The molecule has 3 fully saturated rings. The number of nitrogens with one attached hydrogen (secondary N) is 1. The molecule has 0 spiro atoms. The van der Waals surface area contributed by atoms with Crippen LogP contribution in [0.25, 0.3) is 0 Å². The molecule has 170 valence electrons. The summed E-state index contributed by atoms with van der Waals surface area (Å²) in [6, 6.07) is 15.3. The SMILES string of the molecule is COC(=O)C[C@]12C(=O)NCCN1[C@H](c1ccccc1)[C@H]1C(=O)N(c3cccc(Cl)c3)C(=O)[C@H]12. The molecule has 33 heavy (non-hydrogen) atoms. The van der Waals surface area contributed by atoms with E-state index in [1.165, 1.54) is 7.11 Å². The molecule has 1 N–H and O–H groups in total. The second-order valence-electron chi connectivity index (χ2n) is 8.48. The molecular weight excluding hydrogens is 446 g/mol. The van der Waals surface area contributed by atoms with E-state index >= 15 is 0 Å². The quantitative estimate of drug-likeness (QED) is 0.545. The fraction of sp³-hybridized carbons (Fsp3) is 0.333. The summed E-state index contributed by atoms with van der Waals surface area (Å²) in [5, 5.41) is 3.20. The van der Waals surface area contributed by atoms with Crippen LogP contribution in [0.15, 0.2) is 54.6 Å². The van der Waals surface area contributed by atoms with Crippen molar-refractivity contribution in [2.75, 3.05) is 25.1 Å². The van der Waals surface area contributed by atoms with E-state index in [9.17, 15) is 19.2 Å². The van der Waals surface area contributed by atoms with Gasteiger partial charge in [0.1, 0.15) is 5.54 Å². The number of piperazine rings is 1. The highest BCUT2D eigenvalue weighted by Gasteiger charge is 2.73. The van der Waals surface area contributed by atoms with Gasteiger partial charge in [0.25, 0.3) is 0 Å². The van der Waals surface area contributed by atoms with E-state index in [1.807, 2.05) is 35.2 Å². The summed E-state index contributed by atoms with van der Waals surface area (Å²) in [5.74, 6) is -3.88. The van der Waals surface area contributed by atoms with Crippen molar-refractivity contribution in [3.8, 4) is 0 Å². The van der Waals surface area contributed by atoms with Gasteiger partial charge < -0.3 is 10.1 Å². The van der Waals surface area contributed by atoms with E-state index < -0.39 is 47.1 Å². The maximum absolute atomic E-state index is 13.9. The molecule has 3 saturated heterocycles. The van der Waals surface area contributed by atoms with Gasteiger partial charge in [0.15, 0.2) is 0 Å². The van der Waals surface area contributed by atoms with Gasteiger partial charge in [-0.3, -0.25) is 24.1 Å². The molecule has 2 aromatic carbocycles. The third-order valence-corrected chi connectivity index (χ3v) is 7.17. The Balaban J connectivity index is 1.71. The largest absolute Gasteiger partial charge is 0.469 e. The Hall–Kier alpha value is -3.23. The van der Waals surface area contributed by atoms with Crippen LogP contribution in [0, 0.1) is 11.8 Å². The molecule has 3 aliphatic heterocycles. The summed E-state index contributed by atoms with van der Waals surface area (Å²) in [6.45, 7) is 0.748. The summed E-state index contributed by atoms with van der Waals surface area (Å²) in [4.78, 5) is 56.6. The van der Waals surface area contributed by atoms with Crippen LogP contribution in [0.5, 0.6) is 0 Å². The molecule has 0 aliphatic carbocycles. The molecule has 5 rings (SSSR count). The third kappa shape index (κ3) is 3.08. The normalized spacial score (nSPS) is 29.0. The Labute approximate surface area is 195 Å². The Bertz CT molecular complexity index is 1160. The zero-order valence-corrected chi connectivity index (χ0v) is 18.6.